The zero-order valence-corrected chi connectivity index (χ0v) is 12.6. The molecule has 0 saturated carbocycles. The van der Waals surface area contributed by atoms with Crippen molar-refractivity contribution in [1.29, 1.82) is 0 Å². The maximum absolute atomic E-state index is 6.08. The summed E-state index contributed by atoms with van der Waals surface area (Å²) in [5, 5.41) is 3.52. The standard InChI is InChI=1S/C14H21ClN2S/c1-16-14(12-5-6-13(15)18-12)9-7-10-3-4-11(8-9)17(10)2/h5-6,9-11,14,16H,3-4,7-8H2,1-2H3. The van der Waals surface area contributed by atoms with Gasteiger partial charge in [0.15, 0.2) is 0 Å². The predicted octanol–water partition coefficient (Wildman–Crippen LogP) is 3.53. The van der Waals surface area contributed by atoms with Crippen molar-refractivity contribution in [3.63, 3.8) is 0 Å². The second-order valence-electron chi connectivity index (χ2n) is 5.69. The van der Waals surface area contributed by atoms with Crippen LogP contribution >= 0.6 is 22.9 Å². The molecule has 100 valence electrons. The van der Waals surface area contributed by atoms with Crippen LogP contribution in [0.25, 0.3) is 0 Å². The summed E-state index contributed by atoms with van der Waals surface area (Å²) >= 11 is 7.80. The van der Waals surface area contributed by atoms with Gasteiger partial charge in [-0.25, -0.2) is 0 Å². The van der Waals surface area contributed by atoms with Crippen LogP contribution in [0.1, 0.15) is 36.6 Å². The van der Waals surface area contributed by atoms with Crippen LogP contribution in [0, 0.1) is 5.92 Å². The summed E-state index contributed by atoms with van der Waals surface area (Å²) in [6, 6.07) is 6.31. The summed E-state index contributed by atoms with van der Waals surface area (Å²) in [6.07, 6.45) is 5.43. The van der Waals surface area contributed by atoms with E-state index in [2.05, 4.69) is 30.4 Å². The Morgan fingerprint density at radius 2 is 2.00 bits per heavy atom. The van der Waals surface area contributed by atoms with Gasteiger partial charge in [-0.05, 0) is 57.8 Å². The quantitative estimate of drug-likeness (QED) is 0.913. The first-order chi connectivity index (χ1) is 8.69. The molecule has 2 saturated heterocycles. The molecule has 3 unspecified atom stereocenters. The third-order valence-corrected chi connectivity index (χ3v) is 6.13. The van der Waals surface area contributed by atoms with Crippen molar-refractivity contribution in [2.45, 2.75) is 43.8 Å². The van der Waals surface area contributed by atoms with Crippen LogP contribution < -0.4 is 5.32 Å². The van der Waals surface area contributed by atoms with E-state index < -0.39 is 0 Å². The summed E-state index contributed by atoms with van der Waals surface area (Å²) in [6.45, 7) is 0. The fourth-order valence-electron chi connectivity index (χ4n) is 3.83. The molecular weight excluding hydrogens is 264 g/mol. The number of fused-ring (bicyclic) bond motifs is 2. The minimum atomic E-state index is 0.485. The molecule has 2 fully saturated rings. The van der Waals surface area contributed by atoms with Gasteiger partial charge in [0.25, 0.3) is 0 Å². The van der Waals surface area contributed by atoms with Gasteiger partial charge in [0.1, 0.15) is 0 Å². The largest absolute Gasteiger partial charge is 0.312 e. The second kappa shape index (κ2) is 5.12. The number of hydrogen-bond acceptors (Lipinski definition) is 3. The first-order valence-corrected chi connectivity index (χ1v) is 8.03. The molecule has 1 aromatic rings. The van der Waals surface area contributed by atoms with Crippen LogP contribution in [0.5, 0.6) is 0 Å². The molecule has 1 N–H and O–H groups in total. The fourth-order valence-corrected chi connectivity index (χ4v) is 5.10. The average Bonchev–Trinajstić information content (AvgIpc) is 2.83. The molecule has 2 aliphatic rings. The summed E-state index contributed by atoms with van der Waals surface area (Å²) < 4.78 is 0.904. The Labute approximate surface area is 118 Å². The lowest BCUT2D eigenvalue weighted by molar-refractivity contribution is 0.115. The third kappa shape index (κ3) is 2.22. The minimum Gasteiger partial charge on any atom is -0.312 e. The van der Waals surface area contributed by atoms with E-state index >= 15 is 0 Å². The van der Waals surface area contributed by atoms with Crippen molar-refractivity contribution in [3.8, 4) is 0 Å². The molecule has 3 rings (SSSR count). The van der Waals surface area contributed by atoms with Gasteiger partial charge < -0.3 is 10.2 Å². The number of nitrogens with one attached hydrogen (secondary N) is 1. The van der Waals surface area contributed by atoms with Gasteiger partial charge in [-0.2, -0.15) is 0 Å². The fraction of sp³-hybridized carbons (Fsp3) is 0.714. The van der Waals surface area contributed by atoms with Crippen LogP contribution in [-0.2, 0) is 0 Å². The molecule has 2 nitrogen and oxygen atoms in total. The lowest BCUT2D eigenvalue weighted by atomic mass is 9.84. The zero-order valence-electron chi connectivity index (χ0n) is 11.0. The third-order valence-electron chi connectivity index (χ3n) is 4.82. The van der Waals surface area contributed by atoms with E-state index in [9.17, 15) is 0 Å². The highest BCUT2D eigenvalue weighted by atomic mass is 35.5. The SMILES string of the molecule is CNC(c1ccc(Cl)s1)C1CC2CCC(C1)N2C. The first-order valence-electron chi connectivity index (χ1n) is 6.83. The monoisotopic (exact) mass is 284 g/mol. The van der Waals surface area contributed by atoms with Crippen molar-refractivity contribution < 1.29 is 0 Å². The lowest BCUT2D eigenvalue weighted by Gasteiger charge is -2.39. The van der Waals surface area contributed by atoms with E-state index in [-0.39, 0.29) is 0 Å². The number of nitrogens with zero attached hydrogens (tertiary/aromatic N) is 1. The molecule has 0 amide bonds. The topological polar surface area (TPSA) is 15.3 Å². The number of halogens is 1. The molecule has 3 atom stereocenters. The first kappa shape index (κ1) is 12.9. The number of rotatable bonds is 3. The van der Waals surface area contributed by atoms with Crippen LogP contribution in [0.3, 0.4) is 0 Å². The molecule has 2 aliphatic heterocycles. The maximum atomic E-state index is 6.08. The van der Waals surface area contributed by atoms with Crippen molar-refractivity contribution >= 4 is 22.9 Å². The van der Waals surface area contributed by atoms with Crippen molar-refractivity contribution in [2.24, 2.45) is 5.92 Å². The molecule has 0 radical (unpaired) electrons. The van der Waals surface area contributed by atoms with Crippen molar-refractivity contribution in [2.75, 3.05) is 14.1 Å². The number of piperidine rings is 1. The summed E-state index contributed by atoms with van der Waals surface area (Å²) in [5.74, 6) is 0.762. The average molecular weight is 285 g/mol. The normalized spacial score (nSPS) is 33.8. The van der Waals surface area contributed by atoms with Gasteiger partial charge in [-0.15, -0.1) is 11.3 Å². The Balaban J connectivity index is 1.77. The Morgan fingerprint density at radius 3 is 2.50 bits per heavy atom. The molecule has 2 bridgehead atoms. The van der Waals surface area contributed by atoms with E-state index in [1.807, 2.05) is 6.07 Å². The number of hydrogen-bond donors (Lipinski definition) is 1. The van der Waals surface area contributed by atoms with E-state index in [4.69, 9.17) is 11.6 Å². The molecule has 0 aliphatic carbocycles. The summed E-state index contributed by atoms with van der Waals surface area (Å²) in [7, 11) is 4.38. The highest BCUT2D eigenvalue weighted by Crippen LogP contribution is 2.43. The summed E-state index contributed by atoms with van der Waals surface area (Å²) in [4.78, 5) is 4.00. The lowest BCUT2D eigenvalue weighted by Crippen LogP contribution is -2.43. The predicted molar refractivity (Wildman–Crippen MR) is 78.4 cm³/mol. The van der Waals surface area contributed by atoms with Crippen LogP contribution in [-0.4, -0.2) is 31.1 Å². The molecule has 3 heterocycles. The van der Waals surface area contributed by atoms with Gasteiger partial charge in [-0.3, -0.25) is 0 Å². The highest BCUT2D eigenvalue weighted by molar-refractivity contribution is 7.16. The Kier molecular flexibility index (Phi) is 3.68. The van der Waals surface area contributed by atoms with Crippen LogP contribution in [0.2, 0.25) is 4.34 Å². The van der Waals surface area contributed by atoms with E-state index in [1.165, 1.54) is 30.6 Å². The van der Waals surface area contributed by atoms with Crippen molar-refractivity contribution in [1.82, 2.24) is 10.2 Å². The zero-order chi connectivity index (χ0) is 12.7. The van der Waals surface area contributed by atoms with Crippen LogP contribution in [0.15, 0.2) is 12.1 Å². The minimum absolute atomic E-state index is 0.485. The highest BCUT2D eigenvalue weighted by Gasteiger charge is 2.41. The van der Waals surface area contributed by atoms with Gasteiger partial charge in [-0.1, -0.05) is 11.6 Å². The number of thiophene rings is 1. The van der Waals surface area contributed by atoms with Gasteiger partial charge in [0.2, 0.25) is 0 Å². The van der Waals surface area contributed by atoms with Gasteiger partial charge in [0, 0.05) is 23.0 Å². The van der Waals surface area contributed by atoms with Gasteiger partial charge >= 0.3 is 0 Å². The molecule has 4 heteroatoms. The molecule has 0 spiro atoms. The second-order valence-corrected chi connectivity index (χ2v) is 7.44. The molecular formula is C14H21ClN2S. The van der Waals surface area contributed by atoms with E-state index in [1.54, 1.807) is 11.3 Å². The van der Waals surface area contributed by atoms with Crippen molar-refractivity contribution in [3.05, 3.63) is 21.3 Å². The Morgan fingerprint density at radius 1 is 1.33 bits per heavy atom. The smallest absolute Gasteiger partial charge is 0.0931 e. The summed E-state index contributed by atoms with van der Waals surface area (Å²) in [5.41, 5.74) is 0. The maximum Gasteiger partial charge on any atom is 0.0931 e. The van der Waals surface area contributed by atoms with E-state index in [0.717, 1.165) is 22.3 Å². The molecule has 18 heavy (non-hydrogen) atoms. The Bertz CT molecular complexity index is 406. The van der Waals surface area contributed by atoms with E-state index in [0.29, 0.717) is 6.04 Å². The molecule has 1 aromatic heterocycles. The molecule has 0 aromatic carbocycles. The van der Waals surface area contributed by atoms with Crippen LogP contribution in [0.4, 0.5) is 0 Å². The van der Waals surface area contributed by atoms with Gasteiger partial charge in [0.05, 0.1) is 4.34 Å². The Hall–Kier alpha value is -0.0900.